The number of hydrogen-bond donors (Lipinski definition) is 0. The molecule has 0 heterocycles. The molecule has 3 heteroatoms. The van der Waals surface area contributed by atoms with E-state index in [1.54, 1.807) is 18.2 Å². The Hall–Kier alpha value is -2.16. The van der Waals surface area contributed by atoms with Gasteiger partial charge in [-0.1, -0.05) is 76.6 Å². The smallest absolute Gasteiger partial charge is 0.338 e. The van der Waals surface area contributed by atoms with Crippen LogP contribution in [0.5, 0.6) is 0 Å². The lowest BCUT2D eigenvalue weighted by Gasteiger charge is -2.29. The van der Waals surface area contributed by atoms with Crippen LogP contribution in [0.15, 0.2) is 42.5 Å². The number of carbonyl (C=O) groups excluding carboxylic acids is 1. The molecular formula is C33H45FO2. The monoisotopic (exact) mass is 492 g/mol. The molecule has 2 aliphatic carbocycles. The maximum absolute atomic E-state index is 15.1. The Morgan fingerprint density at radius 1 is 0.806 bits per heavy atom. The van der Waals surface area contributed by atoms with Gasteiger partial charge < -0.3 is 4.74 Å². The van der Waals surface area contributed by atoms with Crippen molar-refractivity contribution in [3.8, 4) is 11.1 Å². The molecule has 0 amide bonds. The molecule has 2 aliphatic rings. The van der Waals surface area contributed by atoms with Crippen molar-refractivity contribution in [1.82, 2.24) is 0 Å². The molecule has 2 nitrogen and oxygen atoms in total. The summed E-state index contributed by atoms with van der Waals surface area (Å²) in [6, 6.07) is 13.0. The van der Waals surface area contributed by atoms with Gasteiger partial charge in [-0.2, -0.15) is 0 Å². The SMILES string of the molecule is CCCCCC1CCC(c2ccc(-c3ccc(C(=O)OC4CCC(CCC)CC4)cc3)c(F)c2)CC1. The first-order chi connectivity index (χ1) is 17.6. The van der Waals surface area contributed by atoms with E-state index in [2.05, 4.69) is 19.9 Å². The predicted molar refractivity (Wildman–Crippen MR) is 147 cm³/mol. The van der Waals surface area contributed by atoms with Crippen molar-refractivity contribution in [1.29, 1.82) is 0 Å². The first-order valence-corrected chi connectivity index (χ1v) is 14.7. The van der Waals surface area contributed by atoms with Gasteiger partial charge in [0.15, 0.2) is 0 Å². The Morgan fingerprint density at radius 2 is 1.47 bits per heavy atom. The molecule has 2 aromatic rings. The lowest BCUT2D eigenvalue weighted by molar-refractivity contribution is 0.0161. The lowest BCUT2D eigenvalue weighted by Crippen LogP contribution is -2.24. The van der Waals surface area contributed by atoms with E-state index >= 15 is 4.39 Å². The predicted octanol–water partition coefficient (Wildman–Crippen LogP) is 9.86. The van der Waals surface area contributed by atoms with E-state index in [9.17, 15) is 4.79 Å². The van der Waals surface area contributed by atoms with Crippen molar-refractivity contribution in [3.63, 3.8) is 0 Å². The van der Waals surface area contributed by atoms with E-state index < -0.39 is 0 Å². The van der Waals surface area contributed by atoms with Gasteiger partial charge in [-0.3, -0.25) is 0 Å². The summed E-state index contributed by atoms with van der Waals surface area (Å²) >= 11 is 0. The topological polar surface area (TPSA) is 26.3 Å². The third-order valence-corrected chi connectivity index (χ3v) is 8.72. The van der Waals surface area contributed by atoms with Crippen LogP contribution in [0.1, 0.15) is 126 Å². The molecule has 2 aromatic carbocycles. The molecule has 2 saturated carbocycles. The second kappa shape index (κ2) is 13.4. The van der Waals surface area contributed by atoms with Crippen LogP contribution < -0.4 is 0 Å². The molecule has 196 valence electrons. The zero-order valence-corrected chi connectivity index (χ0v) is 22.4. The molecule has 4 rings (SSSR count). The Bertz CT molecular complexity index is 950. The fraction of sp³-hybridized carbons (Fsp3) is 0.606. The van der Waals surface area contributed by atoms with Crippen LogP contribution in [0.25, 0.3) is 11.1 Å². The van der Waals surface area contributed by atoms with Crippen LogP contribution in [0.3, 0.4) is 0 Å². The molecule has 2 fully saturated rings. The van der Waals surface area contributed by atoms with E-state index in [1.165, 1.54) is 64.2 Å². The third-order valence-electron chi connectivity index (χ3n) is 8.72. The quantitative estimate of drug-likeness (QED) is 0.244. The largest absolute Gasteiger partial charge is 0.459 e. The summed E-state index contributed by atoms with van der Waals surface area (Å²) in [6.07, 6.45) is 17.0. The standard InChI is InChI=1S/C33H45FO2/c1-3-5-6-8-25-9-13-26(14-10-25)29-19-22-31(32(34)23-29)27-15-17-28(18-16-27)33(35)36-30-20-11-24(7-4-2)12-21-30/h15-19,22-26,30H,3-14,20-21H2,1-2H3. The third kappa shape index (κ3) is 7.20. The molecule has 0 unspecified atom stereocenters. The van der Waals surface area contributed by atoms with Crippen LogP contribution >= 0.6 is 0 Å². The van der Waals surface area contributed by atoms with Crippen molar-refractivity contribution >= 4 is 5.97 Å². The summed E-state index contributed by atoms with van der Waals surface area (Å²) in [5.41, 5.74) is 3.08. The van der Waals surface area contributed by atoms with Gasteiger partial charge in [0, 0.05) is 5.56 Å². The van der Waals surface area contributed by atoms with Gasteiger partial charge in [0.05, 0.1) is 5.56 Å². The number of benzene rings is 2. The molecular weight excluding hydrogens is 447 g/mol. The minimum atomic E-state index is -0.262. The first kappa shape index (κ1) is 26.9. The summed E-state index contributed by atoms with van der Waals surface area (Å²) in [7, 11) is 0. The number of rotatable bonds is 10. The Balaban J connectivity index is 1.30. The van der Waals surface area contributed by atoms with Crippen LogP contribution in [-0.4, -0.2) is 12.1 Å². The molecule has 0 atom stereocenters. The van der Waals surface area contributed by atoms with Gasteiger partial charge in [0.2, 0.25) is 0 Å². The highest BCUT2D eigenvalue weighted by Crippen LogP contribution is 2.39. The molecule has 0 aliphatic heterocycles. The lowest BCUT2D eigenvalue weighted by atomic mass is 9.77. The molecule has 0 spiro atoms. The maximum atomic E-state index is 15.1. The summed E-state index contributed by atoms with van der Waals surface area (Å²) in [4.78, 5) is 12.7. The fourth-order valence-corrected chi connectivity index (χ4v) is 6.44. The highest BCUT2D eigenvalue weighted by atomic mass is 19.1. The minimum Gasteiger partial charge on any atom is -0.459 e. The zero-order valence-electron chi connectivity index (χ0n) is 22.4. The van der Waals surface area contributed by atoms with E-state index in [-0.39, 0.29) is 17.9 Å². The van der Waals surface area contributed by atoms with Crippen molar-refractivity contribution in [2.45, 2.75) is 116 Å². The van der Waals surface area contributed by atoms with Crippen LogP contribution in [-0.2, 0) is 4.74 Å². The van der Waals surface area contributed by atoms with Gasteiger partial charge in [-0.25, -0.2) is 9.18 Å². The number of halogens is 1. The zero-order chi connectivity index (χ0) is 25.3. The Morgan fingerprint density at radius 3 is 2.11 bits per heavy atom. The van der Waals surface area contributed by atoms with Crippen LogP contribution in [0.4, 0.5) is 4.39 Å². The number of hydrogen-bond acceptors (Lipinski definition) is 2. The molecule has 0 saturated heterocycles. The summed E-state index contributed by atoms with van der Waals surface area (Å²) in [5.74, 6) is 1.69. The van der Waals surface area contributed by atoms with Crippen molar-refractivity contribution in [2.75, 3.05) is 0 Å². The maximum Gasteiger partial charge on any atom is 0.338 e. The normalized spacial score (nSPS) is 24.4. The van der Waals surface area contributed by atoms with E-state index in [0.29, 0.717) is 17.0 Å². The highest BCUT2D eigenvalue weighted by Gasteiger charge is 2.25. The fourth-order valence-electron chi connectivity index (χ4n) is 6.44. The first-order valence-electron chi connectivity index (χ1n) is 14.7. The molecule has 0 bridgehead atoms. The number of esters is 1. The Labute approximate surface area is 218 Å². The Kier molecular flexibility index (Phi) is 10.0. The highest BCUT2D eigenvalue weighted by molar-refractivity contribution is 5.90. The number of ether oxygens (including phenoxy) is 1. The van der Waals surface area contributed by atoms with E-state index in [1.807, 2.05) is 18.2 Å². The van der Waals surface area contributed by atoms with Crippen molar-refractivity contribution in [3.05, 3.63) is 59.4 Å². The van der Waals surface area contributed by atoms with Gasteiger partial charge in [-0.05, 0) is 98.4 Å². The minimum absolute atomic E-state index is 0.0293. The number of unbranched alkanes of at least 4 members (excludes halogenated alkanes) is 2. The van der Waals surface area contributed by atoms with Crippen molar-refractivity contribution in [2.24, 2.45) is 11.8 Å². The van der Waals surface area contributed by atoms with E-state index in [4.69, 9.17) is 4.74 Å². The average Bonchev–Trinajstić information content (AvgIpc) is 2.90. The summed E-state index contributed by atoms with van der Waals surface area (Å²) in [6.45, 7) is 4.49. The van der Waals surface area contributed by atoms with Crippen LogP contribution in [0.2, 0.25) is 0 Å². The van der Waals surface area contributed by atoms with E-state index in [0.717, 1.165) is 48.6 Å². The molecule has 0 N–H and O–H groups in total. The molecule has 0 aromatic heterocycles. The van der Waals surface area contributed by atoms with Gasteiger partial charge in [-0.15, -0.1) is 0 Å². The number of carbonyl (C=O) groups is 1. The molecule has 0 radical (unpaired) electrons. The second-order valence-corrected chi connectivity index (χ2v) is 11.4. The van der Waals surface area contributed by atoms with Gasteiger partial charge in [0.1, 0.15) is 11.9 Å². The summed E-state index contributed by atoms with van der Waals surface area (Å²) < 4.78 is 20.9. The van der Waals surface area contributed by atoms with Crippen LogP contribution in [0, 0.1) is 17.7 Å². The van der Waals surface area contributed by atoms with Gasteiger partial charge in [0.25, 0.3) is 0 Å². The second-order valence-electron chi connectivity index (χ2n) is 11.4. The summed E-state index contributed by atoms with van der Waals surface area (Å²) in [5, 5.41) is 0. The molecule has 36 heavy (non-hydrogen) atoms. The van der Waals surface area contributed by atoms with Crippen molar-refractivity contribution < 1.29 is 13.9 Å². The average molecular weight is 493 g/mol. The van der Waals surface area contributed by atoms with Gasteiger partial charge >= 0.3 is 5.97 Å².